The highest BCUT2D eigenvalue weighted by Gasteiger charge is 2.22. The molecular formula is C21H23N3S. The Balaban J connectivity index is 1.66. The van der Waals surface area contributed by atoms with Gasteiger partial charge in [-0.3, -0.25) is 4.57 Å². The van der Waals surface area contributed by atoms with Crippen LogP contribution in [0.25, 0.3) is 5.69 Å². The summed E-state index contributed by atoms with van der Waals surface area (Å²) in [5.74, 6) is 0.928. The number of anilines is 1. The van der Waals surface area contributed by atoms with Crippen LogP contribution < -0.4 is 4.90 Å². The van der Waals surface area contributed by atoms with Crippen molar-refractivity contribution in [2.75, 3.05) is 19.0 Å². The molecule has 4 rings (SSSR count). The fourth-order valence-electron chi connectivity index (χ4n) is 3.51. The topological polar surface area (TPSA) is 21.1 Å². The van der Waals surface area contributed by atoms with Gasteiger partial charge in [0, 0.05) is 36.9 Å². The molecule has 4 heteroatoms. The third-order valence-electron chi connectivity index (χ3n) is 4.70. The summed E-state index contributed by atoms with van der Waals surface area (Å²) < 4.78 is 2.37. The number of thioether (sulfide) groups is 1. The molecule has 1 aromatic heterocycles. The third kappa shape index (κ3) is 3.19. The summed E-state index contributed by atoms with van der Waals surface area (Å²) in [6.07, 6.45) is 3.46. The van der Waals surface area contributed by atoms with Gasteiger partial charge in [-0.15, -0.1) is 0 Å². The molecule has 0 aliphatic heterocycles. The molecule has 25 heavy (non-hydrogen) atoms. The quantitative estimate of drug-likeness (QED) is 0.622. The summed E-state index contributed by atoms with van der Waals surface area (Å²) in [6.45, 7) is 0. The van der Waals surface area contributed by atoms with Gasteiger partial charge in [-0.2, -0.15) is 0 Å². The van der Waals surface area contributed by atoms with Crippen LogP contribution in [0.15, 0.2) is 59.8 Å². The van der Waals surface area contributed by atoms with Crippen molar-refractivity contribution in [3.05, 3.63) is 71.5 Å². The second-order valence-corrected chi connectivity index (χ2v) is 7.57. The molecule has 0 saturated carbocycles. The number of benzene rings is 2. The summed E-state index contributed by atoms with van der Waals surface area (Å²) in [4.78, 5) is 7.15. The normalized spacial score (nSPS) is 13.0. The first kappa shape index (κ1) is 16.3. The smallest absolute Gasteiger partial charge is 0.173 e. The average Bonchev–Trinajstić information content (AvgIpc) is 3.21. The molecule has 0 N–H and O–H groups in total. The van der Waals surface area contributed by atoms with Crippen molar-refractivity contribution in [1.82, 2.24) is 9.55 Å². The van der Waals surface area contributed by atoms with E-state index in [1.165, 1.54) is 34.7 Å². The maximum atomic E-state index is 4.97. The number of aryl methyl sites for hydroxylation is 1. The second kappa shape index (κ2) is 6.96. The van der Waals surface area contributed by atoms with Crippen molar-refractivity contribution >= 4 is 17.4 Å². The third-order valence-corrected chi connectivity index (χ3v) is 5.68. The van der Waals surface area contributed by atoms with Crippen molar-refractivity contribution in [2.45, 2.75) is 30.2 Å². The van der Waals surface area contributed by atoms with Crippen molar-refractivity contribution in [3.8, 4) is 5.69 Å². The zero-order chi connectivity index (χ0) is 17.2. The second-order valence-electron chi connectivity index (χ2n) is 6.62. The van der Waals surface area contributed by atoms with Crippen LogP contribution in [0.5, 0.6) is 0 Å². The van der Waals surface area contributed by atoms with E-state index in [2.05, 4.69) is 78.2 Å². The minimum Gasteiger partial charge on any atom is -0.377 e. The van der Waals surface area contributed by atoms with Crippen LogP contribution >= 0.6 is 11.8 Å². The van der Waals surface area contributed by atoms with Gasteiger partial charge in [-0.1, -0.05) is 48.2 Å². The molecule has 0 unspecified atom stereocenters. The van der Waals surface area contributed by atoms with Gasteiger partial charge in [-0.05, 0) is 43.0 Å². The Labute approximate surface area is 153 Å². The fraction of sp³-hybridized carbons (Fsp3) is 0.286. The molecule has 0 bridgehead atoms. The van der Waals surface area contributed by atoms with E-state index < -0.39 is 0 Å². The van der Waals surface area contributed by atoms with Crippen LogP contribution in [-0.4, -0.2) is 23.6 Å². The Morgan fingerprint density at radius 1 is 1.00 bits per heavy atom. The van der Waals surface area contributed by atoms with E-state index in [9.17, 15) is 0 Å². The highest BCUT2D eigenvalue weighted by atomic mass is 32.2. The Kier molecular flexibility index (Phi) is 4.53. The zero-order valence-electron chi connectivity index (χ0n) is 14.8. The molecule has 0 fully saturated rings. The lowest BCUT2D eigenvalue weighted by Gasteiger charge is -2.17. The zero-order valence-corrected chi connectivity index (χ0v) is 15.6. The summed E-state index contributed by atoms with van der Waals surface area (Å²) in [5, 5.41) is 1.12. The van der Waals surface area contributed by atoms with Crippen LogP contribution in [-0.2, 0) is 18.6 Å². The van der Waals surface area contributed by atoms with Gasteiger partial charge in [0.1, 0.15) is 0 Å². The average molecular weight is 350 g/mol. The maximum Gasteiger partial charge on any atom is 0.173 e. The van der Waals surface area contributed by atoms with E-state index in [-0.39, 0.29) is 0 Å². The summed E-state index contributed by atoms with van der Waals surface area (Å²) in [6, 6.07) is 19.2. The van der Waals surface area contributed by atoms with E-state index in [0.29, 0.717) is 0 Å². The minimum absolute atomic E-state index is 0.928. The lowest BCUT2D eigenvalue weighted by molar-refractivity contribution is 0.784. The summed E-state index contributed by atoms with van der Waals surface area (Å²) in [5.41, 5.74) is 6.53. The number of aromatic nitrogens is 2. The molecule has 0 amide bonds. The number of fused-ring (bicyclic) bond motifs is 1. The van der Waals surface area contributed by atoms with Crippen LogP contribution in [0.2, 0.25) is 0 Å². The number of para-hydroxylation sites is 2. The van der Waals surface area contributed by atoms with Crippen molar-refractivity contribution in [3.63, 3.8) is 0 Å². The van der Waals surface area contributed by atoms with Gasteiger partial charge in [0.25, 0.3) is 0 Å². The maximum absolute atomic E-state index is 4.97. The minimum atomic E-state index is 0.928. The molecule has 128 valence electrons. The predicted octanol–water partition coefficient (Wildman–Crippen LogP) is 4.72. The highest BCUT2D eigenvalue weighted by Crippen LogP contribution is 2.34. The van der Waals surface area contributed by atoms with Crippen molar-refractivity contribution in [2.24, 2.45) is 0 Å². The van der Waals surface area contributed by atoms with Crippen LogP contribution in [0.1, 0.15) is 23.4 Å². The number of imidazole rings is 1. The molecule has 0 saturated heterocycles. The predicted molar refractivity (Wildman–Crippen MR) is 106 cm³/mol. The van der Waals surface area contributed by atoms with E-state index >= 15 is 0 Å². The SMILES string of the molecule is CN(C)c1ccccc1CSc1nc2c(n1-c1ccccc1)CCC2. The van der Waals surface area contributed by atoms with E-state index in [4.69, 9.17) is 4.98 Å². The number of nitrogens with zero attached hydrogens (tertiary/aromatic N) is 3. The molecule has 2 aromatic carbocycles. The van der Waals surface area contributed by atoms with E-state index in [1.54, 1.807) is 0 Å². The van der Waals surface area contributed by atoms with Gasteiger partial charge < -0.3 is 4.90 Å². The standard InChI is InChI=1S/C21H23N3S/c1-23(2)19-13-7-6-9-16(19)15-25-21-22-18-12-8-14-20(18)24(21)17-10-4-3-5-11-17/h3-7,9-11,13H,8,12,14-15H2,1-2H3. The van der Waals surface area contributed by atoms with Crippen molar-refractivity contribution in [1.29, 1.82) is 0 Å². The molecule has 1 heterocycles. The van der Waals surface area contributed by atoms with Crippen LogP contribution in [0, 0.1) is 0 Å². The first-order valence-electron chi connectivity index (χ1n) is 8.78. The van der Waals surface area contributed by atoms with Gasteiger partial charge >= 0.3 is 0 Å². The molecule has 3 aromatic rings. The molecule has 3 nitrogen and oxygen atoms in total. The summed E-state index contributed by atoms with van der Waals surface area (Å²) >= 11 is 1.84. The fourth-order valence-corrected chi connectivity index (χ4v) is 4.55. The van der Waals surface area contributed by atoms with Gasteiger partial charge in [0.2, 0.25) is 0 Å². The largest absolute Gasteiger partial charge is 0.377 e. The molecule has 0 spiro atoms. The number of rotatable bonds is 5. The highest BCUT2D eigenvalue weighted by molar-refractivity contribution is 7.98. The Hall–Kier alpha value is -2.20. The molecule has 1 aliphatic carbocycles. The van der Waals surface area contributed by atoms with Gasteiger partial charge in [0.15, 0.2) is 5.16 Å². The lowest BCUT2D eigenvalue weighted by atomic mass is 10.2. The number of hydrogen-bond acceptors (Lipinski definition) is 3. The van der Waals surface area contributed by atoms with Crippen molar-refractivity contribution < 1.29 is 0 Å². The molecule has 1 aliphatic rings. The Morgan fingerprint density at radius 3 is 2.56 bits per heavy atom. The van der Waals surface area contributed by atoms with E-state index in [1.807, 2.05) is 11.8 Å². The summed E-state index contributed by atoms with van der Waals surface area (Å²) in [7, 11) is 4.20. The number of hydrogen-bond donors (Lipinski definition) is 0. The van der Waals surface area contributed by atoms with Crippen LogP contribution in [0.3, 0.4) is 0 Å². The Bertz CT molecular complexity index is 868. The monoisotopic (exact) mass is 349 g/mol. The van der Waals surface area contributed by atoms with Gasteiger partial charge in [0.05, 0.1) is 5.69 Å². The lowest BCUT2D eigenvalue weighted by Crippen LogP contribution is -2.10. The first-order chi connectivity index (χ1) is 12.2. The Morgan fingerprint density at radius 2 is 1.76 bits per heavy atom. The molecule has 0 radical (unpaired) electrons. The van der Waals surface area contributed by atoms with E-state index in [0.717, 1.165) is 23.8 Å². The van der Waals surface area contributed by atoms with Crippen LogP contribution in [0.4, 0.5) is 5.69 Å². The molecule has 0 atom stereocenters. The molecular weight excluding hydrogens is 326 g/mol. The first-order valence-corrected chi connectivity index (χ1v) is 9.76. The van der Waals surface area contributed by atoms with Gasteiger partial charge in [-0.25, -0.2) is 4.98 Å².